The van der Waals surface area contributed by atoms with Gasteiger partial charge in [0.1, 0.15) is 0 Å². The van der Waals surface area contributed by atoms with E-state index in [0.29, 0.717) is 52.5 Å². The van der Waals surface area contributed by atoms with Crippen molar-refractivity contribution < 1.29 is 28.8 Å². The Bertz CT molecular complexity index is 888. The summed E-state index contributed by atoms with van der Waals surface area (Å²) in [5.74, 6) is 1.85. The second-order valence-electron chi connectivity index (χ2n) is 6.10. The van der Waals surface area contributed by atoms with Gasteiger partial charge >= 0.3 is 0 Å². The Balaban J connectivity index is 2.02. The van der Waals surface area contributed by atoms with Crippen LogP contribution in [-0.2, 0) is 6.42 Å². The van der Waals surface area contributed by atoms with Gasteiger partial charge in [-0.25, -0.2) is 0 Å². The Labute approximate surface area is 157 Å². The number of carbonyl (C=O) groups excluding carboxylic acids is 1. The second-order valence-corrected chi connectivity index (χ2v) is 6.10. The summed E-state index contributed by atoms with van der Waals surface area (Å²) in [5.41, 5.74) is 2.55. The van der Waals surface area contributed by atoms with Gasteiger partial charge in [0.25, 0.3) is 0 Å². The number of ketones is 1. The summed E-state index contributed by atoms with van der Waals surface area (Å²) in [6.07, 6.45) is 2.89. The molecule has 0 radical (unpaired) electrons. The van der Waals surface area contributed by atoms with Gasteiger partial charge in [-0.1, -0.05) is 0 Å². The van der Waals surface area contributed by atoms with Crippen LogP contribution in [0.4, 0.5) is 0 Å². The first-order valence-electron chi connectivity index (χ1n) is 8.48. The van der Waals surface area contributed by atoms with Crippen LogP contribution in [0.15, 0.2) is 29.8 Å². The summed E-state index contributed by atoms with van der Waals surface area (Å²) in [6.45, 7) is 0. The maximum absolute atomic E-state index is 12.9. The molecule has 1 aliphatic carbocycles. The molecule has 0 saturated carbocycles. The lowest BCUT2D eigenvalue weighted by Gasteiger charge is -2.20. The molecular formula is C21H22O6. The minimum absolute atomic E-state index is 0.0372. The van der Waals surface area contributed by atoms with E-state index in [1.54, 1.807) is 45.6 Å². The Morgan fingerprint density at radius 1 is 0.889 bits per heavy atom. The number of carbonyl (C=O) groups is 1. The normalized spacial score (nSPS) is 14.7. The molecule has 0 saturated heterocycles. The number of hydrogen-bond acceptors (Lipinski definition) is 6. The van der Waals surface area contributed by atoms with Gasteiger partial charge in [0.05, 0.1) is 28.4 Å². The maximum atomic E-state index is 12.9. The molecule has 142 valence electrons. The Hall–Kier alpha value is -3.15. The predicted octanol–water partition coefficient (Wildman–Crippen LogP) is 3.64. The van der Waals surface area contributed by atoms with E-state index in [1.165, 1.54) is 7.11 Å². The van der Waals surface area contributed by atoms with Crippen LogP contribution in [0.1, 0.15) is 27.9 Å². The third-order valence-corrected chi connectivity index (χ3v) is 4.67. The summed E-state index contributed by atoms with van der Waals surface area (Å²) >= 11 is 0. The van der Waals surface area contributed by atoms with E-state index in [1.807, 2.05) is 6.08 Å². The minimum atomic E-state index is -0.108. The van der Waals surface area contributed by atoms with Crippen molar-refractivity contribution in [3.05, 3.63) is 46.5 Å². The molecule has 2 aromatic rings. The number of benzene rings is 2. The van der Waals surface area contributed by atoms with Crippen molar-refractivity contribution in [2.45, 2.75) is 12.8 Å². The number of aromatic hydroxyl groups is 1. The number of methoxy groups -OCH3 is 4. The summed E-state index contributed by atoms with van der Waals surface area (Å²) in [7, 11) is 6.13. The zero-order valence-electron chi connectivity index (χ0n) is 15.8. The Morgan fingerprint density at radius 2 is 1.52 bits per heavy atom. The molecule has 0 heterocycles. The highest BCUT2D eigenvalue weighted by molar-refractivity contribution is 6.13. The van der Waals surface area contributed by atoms with Crippen LogP contribution in [0.2, 0.25) is 0 Å². The third kappa shape index (κ3) is 3.30. The minimum Gasteiger partial charge on any atom is -0.504 e. The standard InChI is InChI=1S/C21H22O6/c1-24-16-8-7-14-15(20(16)23)6-5-13(19(14)22)9-12-10-17(25-2)21(27-4)18(11-12)26-3/h7-11,23H,5-6H2,1-4H3/b13-9+. The summed E-state index contributed by atoms with van der Waals surface area (Å²) in [5, 5.41) is 10.3. The van der Waals surface area contributed by atoms with Gasteiger partial charge in [0, 0.05) is 16.7 Å². The first kappa shape index (κ1) is 18.6. The fraction of sp³-hybridized carbons (Fsp3) is 0.286. The average molecular weight is 370 g/mol. The third-order valence-electron chi connectivity index (χ3n) is 4.67. The van der Waals surface area contributed by atoms with Gasteiger partial charge in [-0.3, -0.25) is 4.79 Å². The van der Waals surface area contributed by atoms with Gasteiger partial charge < -0.3 is 24.1 Å². The average Bonchev–Trinajstić information content (AvgIpc) is 2.69. The molecule has 0 unspecified atom stereocenters. The topological polar surface area (TPSA) is 74.2 Å². The van der Waals surface area contributed by atoms with Crippen molar-refractivity contribution in [3.63, 3.8) is 0 Å². The molecular weight excluding hydrogens is 348 g/mol. The Morgan fingerprint density at radius 3 is 2.07 bits per heavy atom. The molecule has 0 aliphatic heterocycles. The molecule has 3 rings (SSSR count). The first-order chi connectivity index (χ1) is 13.0. The number of ether oxygens (including phenoxy) is 4. The molecule has 0 spiro atoms. The Kier molecular flexibility index (Phi) is 5.26. The number of phenolic OH excluding ortho intramolecular Hbond substituents is 1. The molecule has 0 amide bonds. The molecule has 27 heavy (non-hydrogen) atoms. The number of phenols is 1. The van der Waals surface area contributed by atoms with Crippen LogP contribution < -0.4 is 18.9 Å². The zero-order chi connectivity index (χ0) is 19.6. The lowest BCUT2D eigenvalue weighted by atomic mass is 9.85. The molecule has 0 atom stereocenters. The number of rotatable bonds is 5. The van der Waals surface area contributed by atoms with Crippen molar-refractivity contribution in [2.24, 2.45) is 0 Å². The highest BCUT2D eigenvalue weighted by atomic mass is 16.5. The zero-order valence-corrected chi connectivity index (χ0v) is 15.8. The maximum Gasteiger partial charge on any atom is 0.203 e. The van der Waals surface area contributed by atoms with Crippen LogP contribution in [0, 0.1) is 0 Å². The summed E-state index contributed by atoms with van der Waals surface area (Å²) in [4.78, 5) is 12.9. The first-order valence-corrected chi connectivity index (χ1v) is 8.48. The van der Waals surface area contributed by atoms with Gasteiger partial charge in [0.15, 0.2) is 28.8 Å². The van der Waals surface area contributed by atoms with E-state index in [4.69, 9.17) is 18.9 Å². The van der Waals surface area contributed by atoms with Crippen LogP contribution in [-0.4, -0.2) is 39.3 Å². The van der Waals surface area contributed by atoms with Crippen LogP contribution >= 0.6 is 0 Å². The van der Waals surface area contributed by atoms with E-state index in [-0.39, 0.29) is 11.5 Å². The molecule has 1 aliphatic rings. The van der Waals surface area contributed by atoms with Crippen molar-refractivity contribution in [1.82, 2.24) is 0 Å². The number of fused-ring (bicyclic) bond motifs is 1. The lowest BCUT2D eigenvalue weighted by Crippen LogP contribution is -2.14. The van der Waals surface area contributed by atoms with Crippen molar-refractivity contribution >= 4 is 11.9 Å². The molecule has 0 fully saturated rings. The van der Waals surface area contributed by atoms with Gasteiger partial charge in [0.2, 0.25) is 5.75 Å². The fourth-order valence-corrected chi connectivity index (χ4v) is 3.32. The van der Waals surface area contributed by atoms with Crippen molar-refractivity contribution in [3.8, 4) is 28.7 Å². The van der Waals surface area contributed by atoms with Crippen molar-refractivity contribution in [1.29, 1.82) is 0 Å². The molecule has 6 heteroatoms. The van der Waals surface area contributed by atoms with Gasteiger partial charge in [-0.15, -0.1) is 0 Å². The van der Waals surface area contributed by atoms with E-state index < -0.39 is 0 Å². The lowest BCUT2D eigenvalue weighted by molar-refractivity contribution is 0.102. The van der Waals surface area contributed by atoms with Crippen molar-refractivity contribution in [2.75, 3.05) is 28.4 Å². The smallest absolute Gasteiger partial charge is 0.203 e. The monoisotopic (exact) mass is 370 g/mol. The molecule has 0 bridgehead atoms. The van der Waals surface area contributed by atoms with Crippen LogP contribution in [0.3, 0.4) is 0 Å². The van der Waals surface area contributed by atoms with Crippen LogP contribution in [0.25, 0.3) is 6.08 Å². The summed E-state index contributed by atoms with van der Waals surface area (Å²) in [6, 6.07) is 6.89. The molecule has 6 nitrogen and oxygen atoms in total. The number of allylic oxidation sites excluding steroid dienone is 1. The second kappa shape index (κ2) is 7.61. The van der Waals surface area contributed by atoms with Crippen LogP contribution in [0.5, 0.6) is 28.7 Å². The van der Waals surface area contributed by atoms with E-state index in [0.717, 1.165) is 5.56 Å². The fourth-order valence-electron chi connectivity index (χ4n) is 3.32. The predicted molar refractivity (Wildman–Crippen MR) is 101 cm³/mol. The molecule has 1 N–H and O–H groups in total. The highest BCUT2D eigenvalue weighted by Crippen LogP contribution is 2.41. The van der Waals surface area contributed by atoms with E-state index in [9.17, 15) is 9.90 Å². The molecule has 0 aromatic heterocycles. The van der Waals surface area contributed by atoms with Gasteiger partial charge in [-0.05, 0) is 48.7 Å². The SMILES string of the molecule is COc1ccc2c(c1O)CC/C(=C\c1cc(OC)c(OC)c(OC)c1)C2=O. The number of Topliss-reactive ketones (excluding diaryl/α,β-unsaturated/α-hetero) is 1. The number of hydrogen-bond donors (Lipinski definition) is 1. The molecule has 2 aromatic carbocycles. The van der Waals surface area contributed by atoms with E-state index in [2.05, 4.69) is 0 Å². The highest BCUT2D eigenvalue weighted by Gasteiger charge is 2.26. The largest absolute Gasteiger partial charge is 0.504 e. The van der Waals surface area contributed by atoms with Gasteiger partial charge in [-0.2, -0.15) is 0 Å². The quantitative estimate of drug-likeness (QED) is 0.810. The van der Waals surface area contributed by atoms with E-state index >= 15 is 0 Å². The summed E-state index contributed by atoms with van der Waals surface area (Å²) < 4.78 is 21.2.